The van der Waals surface area contributed by atoms with Crippen molar-refractivity contribution >= 4 is 11.7 Å². The number of carbonyl (C=O) groups excluding carboxylic acids is 2. The number of hydrogen-bond acceptors (Lipinski definition) is 6. The molecule has 1 saturated carbocycles. The molecule has 4 aromatic carbocycles. The van der Waals surface area contributed by atoms with E-state index in [1.165, 1.54) is 34.2 Å². The number of Topliss-reactive ketones (excluding diaryl/α,β-unsaturated/α-hetero) is 1. The van der Waals surface area contributed by atoms with Gasteiger partial charge < -0.3 is 24.5 Å². The number of carbonyl (C=O) groups is 2. The highest BCUT2D eigenvalue weighted by molar-refractivity contribution is 6.02. The minimum atomic E-state index is -0.308. The molecule has 7 heteroatoms. The first-order valence-corrected chi connectivity index (χ1v) is 20.6. The van der Waals surface area contributed by atoms with Gasteiger partial charge >= 0.3 is 0 Å². The molecule has 0 radical (unpaired) electrons. The number of hydrogen-bond donors (Lipinski definition) is 1. The maximum Gasteiger partial charge on any atom is 0.255 e. The number of ketones is 1. The van der Waals surface area contributed by atoms with Crippen LogP contribution in [0.4, 0.5) is 0 Å². The van der Waals surface area contributed by atoms with Gasteiger partial charge in [-0.1, -0.05) is 72.8 Å². The van der Waals surface area contributed by atoms with Gasteiger partial charge in [-0.2, -0.15) is 0 Å². The molecule has 2 heterocycles. The molecular formula is C48H55N3O4. The van der Waals surface area contributed by atoms with Crippen molar-refractivity contribution in [1.82, 2.24) is 14.7 Å². The number of unbranched alkanes of at least 4 members (excludes halogenated alkanes) is 1. The smallest absolute Gasteiger partial charge is 0.255 e. The van der Waals surface area contributed by atoms with Gasteiger partial charge in [-0.3, -0.25) is 9.59 Å². The number of amides is 1. The summed E-state index contributed by atoms with van der Waals surface area (Å²) in [5, 5.41) is 10.2. The van der Waals surface area contributed by atoms with E-state index in [2.05, 4.69) is 89.2 Å². The largest absolute Gasteiger partial charge is 0.508 e. The zero-order valence-electron chi connectivity index (χ0n) is 32.1. The van der Waals surface area contributed by atoms with E-state index in [9.17, 15) is 14.7 Å². The Morgan fingerprint density at radius 3 is 2.36 bits per heavy atom. The van der Waals surface area contributed by atoms with Crippen molar-refractivity contribution in [2.45, 2.75) is 82.2 Å². The first-order chi connectivity index (χ1) is 26.9. The van der Waals surface area contributed by atoms with Crippen molar-refractivity contribution in [3.63, 3.8) is 0 Å². The number of ether oxygens (including phenoxy) is 1. The summed E-state index contributed by atoms with van der Waals surface area (Å²) >= 11 is 0. The first-order valence-electron chi connectivity index (χ1n) is 20.6. The summed E-state index contributed by atoms with van der Waals surface area (Å²) in [6.07, 6.45) is 8.23. The third-order valence-corrected chi connectivity index (χ3v) is 12.5. The summed E-state index contributed by atoms with van der Waals surface area (Å²) in [5.41, 5.74) is 9.30. The average Bonchev–Trinajstić information content (AvgIpc) is 3.35. The number of fused-ring (bicyclic) bond motifs is 2. The molecule has 7 nitrogen and oxygen atoms in total. The van der Waals surface area contributed by atoms with Crippen molar-refractivity contribution in [3.05, 3.63) is 142 Å². The van der Waals surface area contributed by atoms with Crippen molar-refractivity contribution < 1.29 is 19.4 Å². The van der Waals surface area contributed by atoms with Crippen LogP contribution >= 0.6 is 0 Å². The van der Waals surface area contributed by atoms with E-state index in [4.69, 9.17) is 4.74 Å². The van der Waals surface area contributed by atoms with Crippen molar-refractivity contribution in [2.24, 2.45) is 0 Å². The molecule has 0 bridgehead atoms. The third kappa shape index (κ3) is 8.58. The number of aromatic hydroxyl groups is 1. The van der Waals surface area contributed by atoms with Crippen LogP contribution in [0.25, 0.3) is 0 Å². The quantitative estimate of drug-likeness (QED) is 0.117. The molecule has 286 valence electrons. The highest BCUT2D eigenvalue weighted by atomic mass is 16.5. The maximum absolute atomic E-state index is 13.2. The van der Waals surface area contributed by atoms with Gasteiger partial charge in [0.15, 0.2) is 5.78 Å². The van der Waals surface area contributed by atoms with Crippen LogP contribution in [0.1, 0.15) is 101 Å². The molecule has 2 aliphatic carbocycles. The number of nitrogens with zero attached hydrogens (tertiary/aromatic N) is 3. The zero-order valence-corrected chi connectivity index (χ0v) is 32.1. The second kappa shape index (κ2) is 17.0. The van der Waals surface area contributed by atoms with E-state index in [1.807, 2.05) is 18.2 Å². The van der Waals surface area contributed by atoms with E-state index in [0.29, 0.717) is 37.7 Å². The number of phenols is 1. The fraction of sp³-hybridized carbons (Fsp3) is 0.417. The van der Waals surface area contributed by atoms with Gasteiger partial charge in [-0.25, -0.2) is 0 Å². The first kappa shape index (κ1) is 37.2. The molecule has 1 N–H and O–H groups in total. The minimum absolute atomic E-state index is 0.00275. The Kier molecular flexibility index (Phi) is 11.5. The van der Waals surface area contributed by atoms with Crippen molar-refractivity contribution in [2.75, 3.05) is 45.9 Å². The van der Waals surface area contributed by atoms with E-state index in [1.54, 1.807) is 4.90 Å². The molecular weight excluding hydrogens is 683 g/mol. The van der Waals surface area contributed by atoms with E-state index >= 15 is 0 Å². The molecule has 0 aromatic heterocycles. The lowest BCUT2D eigenvalue weighted by Gasteiger charge is -2.34. The summed E-state index contributed by atoms with van der Waals surface area (Å²) in [4.78, 5) is 32.8. The van der Waals surface area contributed by atoms with Crippen molar-refractivity contribution in [1.29, 1.82) is 0 Å². The van der Waals surface area contributed by atoms with Crippen LogP contribution in [0.5, 0.6) is 11.5 Å². The molecule has 4 aliphatic rings. The van der Waals surface area contributed by atoms with Crippen LogP contribution in [0.2, 0.25) is 0 Å². The SMILES string of the molecule is C=C1CCC(N2Cc3cc(CCN4CCCN(CCCCOc5ccc([C@@H]6c7ccc(O)cc7CC[C@@H]6c6ccccc6)cc5)CC4)ccc3C2=O)C(=O)C1. The Morgan fingerprint density at radius 2 is 1.56 bits per heavy atom. The van der Waals surface area contributed by atoms with Crippen LogP contribution < -0.4 is 4.74 Å². The Hall–Kier alpha value is -4.72. The van der Waals surface area contributed by atoms with E-state index in [0.717, 1.165) is 100 Å². The molecule has 2 aliphatic heterocycles. The van der Waals surface area contributed by atoms with Gasteiger partial charge in [0.1, 0.15) is 11.5 Å². The summed E-state index contributed by atoms with van der Waals surface area (Å²) in [6.45, 7) is 11.8. The Balaban J connectivity index is 0.768. The van der Waals surface area contributed by atoms with Crippen LogP contribution in [-0.2, 0) is 24.2 Å². The van der Waals surface area contributed by atoms with Gasteiger partial charge in [-0.15, -0.1) is 0 Å². The second-order valence-corrected chi connectivity index (χ2v) is 16.2. The van der Waals surface area contributed by atoms with Crippen LogP contribution in [-0.4, -0.2) is 83.4 Å². The molecule has 2 fully saturated rings. The number of benzene rings is 4. The molecule has 0 spiro atoms. The topological polar surface area (TPSA) is 73.3 Å². The lowest BCUT2D eigenvalue weighted by Crippen LogP contribution is -2.43. The fourth-order valence-corrected chi connectivity index (χ4v) is 9.52. The standard InChI is InChI=1S/C48H55N3O4/c1-34-10-21-45(46(53)30-34)51-33-39-31-35(11-18-44(39)48(51)54)22-26-50-25-7-24-49(27-28-50)23-5-6-29-55-41-16-12-37(13-17-41)47-42(36-8-3-2-4-9-36)19-14-38-32-40(52)15-20-43(38)47/h2-4,8-9,11-13,15-18,20,31-32,42,45,47,52H,1,5-7,10,14,19,21-30,33H2/t42-,45?,47+/m1/s1. The van der Waals surface area contributed by atoms with E-state index in [-0.39, 0.29) is 23.7 Å². The summed E-state index contributed by atoms with van der Waals surface area (Å²) in [6, 6.07) is 31.4. The molecule has 1 saturated heterocycles. The summed E-state index contributed by atoms with van der Waals surface area (Å²) < 4.78 is 6.23. The van der Waals surface area contributed by atoms with Crippen LogP contribution in [0, 0.1) is 0 Å². The monoisotopic (exact) mass is 737 g/mol. The van der Waals surface area contributed by atoms with Gasteiger partial charge in [0, 0.05) is 44.1 Å². The lowest BCUT2D eigenvalue weighted by atomic mass is 9.69. The third-order valence-electron chi connectivity index (χ3n) is 12.5. The molecule has 4 aromatic rings. The Labute approximate surface area is 326 Å². The Bertz CT molecular complexity index is 1990. The lowest BCUT2D eigenvalue weighted by molar-refractivity contribution is -0.124. The maximum atomic E-state index is 13.2. The van der Waals surface area contributed by atoms with Crippen molar-refractivity contribution in [3.8, 4) is 11.5 Å². The van der Waals surface area contributed by atoms with Crippen LogP contribution in [0.15, 0.2) is 103 Å². The van der Waals surface area contributed by atoms with Gasteiger partial charge in [0.2, 0.25) is 0 Å². The van der Waals surface area contributed by atoms with E-state index < -0.39 is 0 Å². The highest BCUT2D eigenvalue weighted by Crippen LogP contribution is 2.47. The highest BCUT2D eigenvalue weighted by Gasteiger charge is 2.38. The summed E-state index contributed by atoms with van der Waals surface area (Å²) in [5.74, 6) is 2.03. The summed E-state index contributed by atoms with van der Waals surface area (Å²) in [7, 11) is 0. The van der Waals surface area contributed by atoms with Gasteiger partial charge in [0.25, 0.3) is 5.91 Å². The number of phenolic OH excluding ortho intramolecular Hbond substituents is 1. The number of allylic oxidation sites excluding steroid dienone is 1. The minimum Gasteiger partial charge on any atom is -0.508 e. The van der Waals surface area contributed by atoms with Gasteiger partial charge in [-0.05, 0) is 141 Å². The number of aryl methyl sites for hydroxylation is 1. The predicted molar refractivity (Wildman–Crippen MR) is 218 cm³/mol. The average molecular weight is 738 g/mol. The fourth-order valence-electron chi connectivity index (χ4n) is 9.52. The van der Waals surface area contributed by atoms with Crippen LogP contribution in [0.3, 0.4) is 0 Å². The Morgan fingerprint density at radius 1 is 0.764 bits per heavy atom. The molecule has 1 amide bonds. The normalized spacial score (nSPS) is 22.0. The second-order valence-electron chi connectivity index (χ2n) is 16.2. The molecule has 55 heavy (non-hydrogen) atoms. The predicted octanol–water partition coefficient (Wildman–Crippen LogP) is 8.30. The molecule has 1 unspecified atom stereocenters. The number of rotatable bonds is 12. The zero-order chi connectivity index (χ0) is 37.7. The van der Waals surface area contributed by atoms with Gasteiger partial charge in [0.05, 0.1) is 12.6 Å². The molecule has 3 atom stereocenters. The molecule has 8 rings (SSSR count).